The summed E-state index contributed by atoms with van der Waals surface area (Å²) < 4.78 is 10.8. The average molecular weight is 473 g/mol. The van der Waals surface area contributed by atoms with Gasteiger partial charge in [0.15, 0.2) is 0 Å². The number of allylic oxidation sites excluding steroid dienone is 2. The number of Topliss-reactive ketones (excluding diaryl/α,β-unsaturated/α-hetero) is 1. The number of fused-ring (bicyclic) bond motifs is 1. The van der Waals surface area contributed by atoms with Crippen LogP contribution in [-0.2, 0) is 23.9 Å². The number of ketones is 2. The molecule has 0 radical (unpaired) electrons. The van der Waals surface area contributed by atoms with Crippen LogP contribution < -0.4 is 0 Å². The lowest BCUT2D eigenvalue weighted by Gasteiger charge is -2.33. The summed E-state index contributed by atoms with van der Waals surface area (Å²) in [7, 11) is 0. The summed E-state index contributed by atoms with van der Waals surface area (Å²) in [6, 6.07) is 0. The monoisotopic (exact) mass is 472 g/mol. The third-order valence-corrected chi connectivity index (χ3v) is 6.69. The first-order valence-corrected chi connectivity index (χ1v) is 13.4. The van der Waals surface area contributed by atoms with E-state index in [-0.39, 0.29) is 12.5 Å². The third-order valence-electron chi connectivity index (χ3n) is 6.69. The molecule has 2 atom stereocenters. The van der Waals surface area contributed by atoms with E-state index in [4.69, 9.17) is 9.47 Å². The molecule has 2 aliphatic rings. The van der Waals surface area contributed by atoms with Crippen molar-refractivity contribution >= 4 is 17.5 Å². The van der Waals surface area contributed by atoms with Crippen molar-refractivity contribution in [2.45, 2.75) is 129 Å². The number of carbonyl (C=O) groups is 3. The molecule has 0 aromatic rings. The minimum atomic E-state index is -1.78. The Morgan fingerprint density at radius 1 is 1.00 bits per heavy atom. The van der Waals surface area contributed by atoms with E-state index in [0.717, 1.165) is 25.7 Å². The molecule has 0 aromatic carbocycles. The van der Waals surface area contributed by atoms with Gasteiger partial charge in [-0.1, -0.05) is 70.4 Å². The van der Waals surface area contributed by atoms with Crippen LogP contribution in [0.25, 0.3) is 0 Å². The Morgan fingerprint density at radius 2 is 1.59 bits per heavy atom. The van der Waals surface area contributed by atoms with Crippen LogP contribution in [0.4, 0.5) is 0 Å². The molecule has 0 N–H and O–H groups in total. The van der Waals surface area contributed by atoms with Crippen molar-refractivity contribution in [1.82, 2.24) is 0 Å². The Bertz CT molecular complexity index is 775. The van der Waals surface area contributed by atoms with E-state index in [2.05, 4.69) is 19.1 Å². The standard InChI is InChI=1S/C29H44O5/c1-4-5-6-7-8-9-10-11-12-13-14-15-16-17-18-19-27(31)34-29(3)26(30)21-24-20-23(2)33-22-25(24)28(29)32/h11-12,21-23H,4-10,13-20H2,1-3H3/b12-11-/t23-,29-/m1/s1. The topological polar surface area (TPSA) is 69.7 Å². The van der Waals surface area contributed by atoms with Gasteiger partial charge in [-0.15, -0.1) is 0 Å². The van der Waals surface area contributed by atoms with E-state index < -0.39 is 23.1 Å². The Morgan fingerprint density at radius 3 is 2.24 bits per heavy atom. The Kier molecular flexibility index (Phi) is 12.3. The van der Waals surface area contributed by atoms with Crippen molar-refractivity contribution in [3.8, 4) is 0 Å². The van der Waals surface area contributed by atoms with Crippen molar-refractivity contribution in [2.75, 3.05) is 0 Å². The van der Waals surface area contributed by atoms with E-state index in [1.165, 1.54) is 70.6 Å². The smallest absolute Gasteiger partial charge is 0.307 e. The fourth-order valence-corrected chi connectivity index (χ4v) is 4.44. The Hall–Kier alpha value is -2.17. The maximum Gasteiger partial charge on any atom is 0.307 e. The van der Waals surface area contributed by atoms with Crippen molar-refractivity contribution in [1.29, 1.82) is 0 Å². The predicted octanol–water partition coefficient (Wildman–Crippen LogP) is 7.10. The molecule has 2 rings (SSSR count). The number of rotatable bonds is 16. The van der Waals surface area contributed by atoms with Gasteiger partial charge in [0.2, 0.25) is 17.2 Å². The molecule has 0 saturated carbocycles. The molecule has 0 unspecified atom stereocenters. The van der Waals surface area contributed by atoms with Crippen molar-refractivity contribution in [2.24, 2.45) is 0 Å². The van der Waals surface area contributed by atoms with E-state index >= 15 is 0 Å². The first kappa shape index (κ1) is 28.1. The molecule has 190 valence electrons. The zero-order chi connectivity index (χ0) is 24.8. The largest absolute Gasteiger partial charge is 0.497 e. The number of carbonyl (C=O) groups excluding carboxylic acids is 3. The lowest BCUT2D eigenvalue weighted by atomic mass is 9.79. The molecule has 5 heteroatoms. The maximum atomic E-state index is 12.9. The molecular formula is C29H44O5. The van der Waals surface area contributed by atoms with Crippen LogP contribution in [0.1, 0.15) is 117 Å². The quantitative estimate of drug-likeness (QED) is 0.104. The molecule has 0 aromatic heterocycles. The van der Waals surface area contributed by atoms with E-state index in [1.807, 2.05) is 6.92 Å². The van der Waals surface area contributed by atoms with Gasteiger partial charge in [-0.2, -0.15) is 0 Å². The van der Waals surface area contributed by atoms with Gasteiger partial charge in [-0.3, -0.25) is 14.4 Å². The fourth-order valence-electron chi connectivity index (χ4n) is 4.44. The summed E-state index contributed by atoms with van der Waals surface area (Å²) in [5, 5.41) is 0. The normalized spacial score (nSPS) is 22.3. The second-order valence-corrected chi connectivity index (χ2v) is 9.89. The molecular weight excluding hydrogens is 428 g/mol. The Balaban J connectivity index is 1.55. The number of ether oxygens (including phenoxy) is 2. The highest BCUT2D eigenvalue weighted by atomic mass is 16.6. The van der Waals surface area contributed by atoms with Crippen LogP contribution in [0.15, 0.2) is 35.6 Å². The van der Waals surface area contributed by atoms with Gasteiger partial charge in [-0.25, -0.2) is 0 Å². The van der Waals surface area contributed by atoms with Crippen LogP contribution in [0, 0.1) is 0 Å². The molecule has 0 amide bonds. The summed E-state index contributed by atoms with van der Waals surface area (Å²) >= 11 is 0. The molecule has 1 heterocycles. The molecule has 1 aliphatic heterocycles. The second-order valence-electron chi connectivity index (χ2n) is 9.89. The number of hydrogen-bond donors (Lipinski definition) is 0. The molecule has 0 bridgehead atoms. The molecule has 34 heavy (non-hydrogen) atoms. The van der Waals surface area contributed by atoms with Gasteiger partial charge in [0, 0.05) is 12.8 Å². The van der Waals surface area contributed by atoms with Crippen molar-refractivity contribution in [3.63, 3.8) is 0 Å². The summed E-state index contributed by atoms with van der Waals surface area (Å²) in [6.07, 6.45) is 23.5. The number of hydrogen-bond acceptors (Lipinski definition) is 5. The van der Waals surface area contributed by atoms with Crippen LogP contribution in [0.5, 0.6) is 0 Å². The molecule has 0 fully saturated rings. The Labute approximate surface area is 206 Å². The molecule has 0 spiro atoms. The molecule has 5 nitrogen and oxygen atoms in total. The number of esters is 1. The van der Waals surface area contributed by atoms with Crippen LogP contribution in [-0.4, -0.2) is 29.2 Å². The third kappa shape index (κ3) is 8.88. The highest BCUT2D eigenvalue weighted by Gasteiger charge is 2.49. The highest BCUT2D eigenvalue weighted by molar-refractivity contribution is 6.26. The van der Waals surface area contributed by atoms with Gasteiger partial charge < -0.3 is 9.47 Å². The molecule has 0 saturated heterocycles. The van der Waals surface area contributed by atoms with Gasteiger partial charge >= 0.3 is 5.97 Å². The van der Waals surface area contributed by atoms with Gasteiger partial charge in [0.1, 0.15) is 0 Å². The minimum absolute atomic E-state index is 0.0800. The summed E-state index contributed by atoms with van der Waals surface area (Å²) in [5.74, 6) is -1.44. The SMILES string of the molecule is CCCCCCCC/C=C\CCCCCCCC(=O)O[C@]1(C)C(=O)C=C2C[C@@H](C)OC=C2C1=O. The number of unbranched alkanes of at least 4 members (excludes halogenated alkanes) is 11. The minimum Gasteiger partial charge on any atom is -0.497 e. The fraction of sp³-hybridized carbons (Fsp3) is 0.690. The lowest BCUT2D eigenvalue weighted by Crippen LogP contribution is -2.51. The first-order valence-electron chi connectivity index (χ1n) is 13.4. The zero-order valence-corrected chi connectivity index (χ0v) is 21.5. The van der Waals surface area contributed by atoms with E-state index in [9.17, 15) is 14.4 Å². The first-order chi connectivity index (χ1) is 16.4. The van der Waals surface area contributed by atoms with Gasteiger partial charge in [0.05, 0.1) is 17.9 Å². The van der Waals surface area contributed by atoms with E-state index in [1.54, 1.807) is 0 Å². The van der Waals surface area contributed by atoms with Crippen LogP contribution in [0.3, 0.4) is 0 Å². The molecule has 1 aliphatic carbocycles. The predicted molar refractivity (Wildman–Crippen MR) is 135 cm³/mol. The maximum absolute atomic E-state index is 12.9. The summed E-state index contributed by atoms with van der Waals surface area (Å²) in [5.41, 5.74) is -0.772. The van der Waals surface area contributed by atoms with E-state index in [0.29, 0.717) is 24.0 Å². The van der Waals surface area contributed by atoms with Crippen molar-refractivity contribution < 1.29 is 23.9 Å². The highest BCUT2D eigenvalue weighted by Crippen LogP contribution is 2.34. The lowest BCUT2D eigenvalue weighted by molar-refractivity contribution is -0.169. The summed E-state index contributed by atoms with van der Waals surface area (Å²) in [4.78, 5) is 37.8. The second kappa shape index (κ2) is 15.0. The van der Waals surface area contributed by atoms with Crippen LogP contribution in [0.2, 0.25) is 0 Å². The van der Waals surface area contributed by atoms with Gasteiger partial charge in [0.25, 0.3) is 0 Å². The average Bonchev–Trinajstić information content (AvgIpc) is 2.80. The summed E-state index contributed by atoms with van der Waals surface area (Å²) in [6.45, 7) is 5.52. The van der Waals surface area contributed by atoms with Crippen LogP contribution >= 0.6 is 0 Å². The van der Waals surface area contributed by atoms with Gasteiger partial charge in [-0.05, 0) is 57.6 Å². The van der Waals surface area contributed by atoms with Crippen molar-refractivity contribution in [3.05, 3.63) is 35.6 Å². The zero-order valence-electron chi connectivity index (χ0n) is 21.5.